The molecule has 2 aromatic carbocycles. The molecule has 0 fully saturated rings. The third-order valence-electron chi connectivity index (χ3n) is 3.62. The lowest BCUT2D eigenvalue weighted by atomic mass is 10.2. The van der Waals surface area contributed by atoms with Crippen LogP contribution in [0.3, 0.4) is 0 Å². The monoisotopic (exact) mass is 337 g/mol. The molecule has 1 aromatic heterocycles. The smallest absolute Gasteiger partial charge is 0.360 e. The van der Waals surface area contributed by atoms with E-state index in [1.807, 2.05) is 61.5 Å². The Balaban J connectivity index is 1.55. The number of nitrogens with zero attached hydrogens (tertiary/aromatic N) is 1. The van der Waals surface area contributed by atoms with Crippen LogP contribution in [0.5, 0.6) is 5.75 Å². The molecule has 5 nitrogen and oxygen atoms in total. The van der Waals surface area contributed by atoms with Gasteiger partial charge in [0.05, 0.1) is 0 Å². The highest BCUT2D eigenvalue weighted by Gasteiger charge is 2.19. The van der Waals surface area contributed by atoms with Gasteiger partial charge < -0.3 is 13.9 Å². The van der Waals surface area contributed by atoms with Crippen molar-refractivity contribution in [3.63, 3.8) is 0 Å². The lowest BCUT2D eigenvalue weighted by Gasteiger charge is -2.06. The molecule has 0 aliphatic rings. The van der Waals surface area contributed by atoms with Crippen LogP contribution in [0.25, 0.3) is 11.5 Å². The van der Waals surface area contributed by atoms with Crippen LogP contribution in [0.15, 0.2) is 59.0 Å². The van der Waals surface area contributed by atoms with Crippen LogP contribution in [0.2, 0.25) is 0 Å². The van der Waals surface area contributed by atoms with Gasteiger partial charge in [0.15, 0.2) is 5.69 Å². The number of ether oxygens (including phenoxy) is 2. The number of esters is 1. The summed E-state index contributed by atoms with van der Waals surface area (Å²) in [4.78, 5) is 16.4. The number of hydrogen-bond donors (Lipinski definition) is 0. The maximum atomic E-state index is 12.2. The van der Waals surface area contributed by atoms with Crippen molar-refractivity contribution in [2.45, 2.75) is 13.8 Å². The minimum absolute atomic E-state index is 0.139. The van der Waals surface area contributed by atoms with Gasteiger partial charge in [0.1, 0.15) is 24.7 Å². The number of benzene rings is 2. The molecule has 3 rings (SSSR count). The van der Waals surface area contributed by atoms with Gasteiger partial charge in [0.2, 0.25) is 5.89 Å². The zero-order valence-corrected chi connectivity index (χ0v) is 14.2. The van der Waals surface area contributed by atoms with Crippen molar-refractivity contribution < 1.29 is 18.7 Å². The first-order valence-corrected chi connectivity index (χ1v) is 8.03. The summed E-state index contributed by atoms with van der Waals surface area (Å²) in [5.41, 5.74) is 2.16. The second-order valence-electron chi connectivity index (χ2n) is 5.59. The standard InChI is InChI=1S/C20H19NO4/c1-14-8-10-17(11-9-14)23-12-13-24-20(22)18-15(2)25-19(21-18)16-6-4-3-5-7-16/h3-11H,12-13H2,1-2H3. The van der Waals surface area contributed by atoms with Crippen LogP contribution < -0.4 is 4.74 Å². The number of rotatable bonds is 6. The van der Waals surface area contributed by atoms with E-state index in [1.54, 1.807) is 6.92 Å². The molecule has 0 aliphatic heterocycles. The molecular formula is C20H19NO4. The van der Waals surface area contributed by atoms with Crippen LogP contribution in [0.1, 0.15) is 21.8 Å². The molecule has 0 spiro atoms. The van der Waals surface area contributed by atoms with Gasteiger partial charge in [-0.25, -0.2) is 9.78 Å². The zero-order valence-electron chi connectivity index (χ0n) is 14.2. The fourth-order valence-corrected chi connectivity index (χ4v) is 2.29. The first-order chi connectivity index (χ1) is 12.1. The molecular weight excluding hydrogens is 318 g/mol. The van der Waals surface area contributed by atoms with Gasteiger partial charge in [-0.1, -0.05) is 35.9 Å². The van der Waals surface area contributed by atoms with Crippen LogP contribution in [-0.2, 0) is 4.74 Å². The van der Waals surface area contributed by atoms with Crippen LogP contribution in [-0.4, -0.2) is 24.2 Å². The first kappa shape index (κ1) is 16.8. The van der Waals surface area contributed by atoms with Gasteiger partial charge in [-0.3, -0.25) is 0 Å². The molecule has 1 heterocycles. The maximum absolute atomic E-state index is 12.2. The van der Waals surface area contributed by atoms with Crippen molar-refractivity contribution in [1.29, 1.82) is 0 Å². The topological polar surface area (TPSA) is 61.6 Å². The zero-order chi connectivity index (χ0) is 17.6. The van der Waals surface area contributed by atoms with Crippen molar-refractivity contribution in [3.05, 3.63) is 71.6 Å². The highest BCUT2D eigenvalue weighted by atomic mass is 16.6. The lowest BCUT2D eigenvalue weighted by Crippen LogP contribution is -2.13. The van der Waals surface area contributed by atoms with E-state index in [4.69, 9.17) is 13.9 Å². The van der Waals surface area contributed by atoms with Crippen LogP contribution in [0, 0.1) is 13.8 Å². The minimum Gasteiger partial charge on any atom is -0.490 e. The summed E-state index contributed by atoms with van der Waals surface area (Å²) in [6.07, 6.45) is 0. The first-order valence-electron chi connectivity index (χ1n) is 8.03. The Morgan fingerprint density at radius 1 is 1.00 bits per heavy atom. The molecule has 25 heavy (non-hydrogen) atoms. The van der Waals surface area contributed by atoms with Crippen LogP contribution in [0.4, 0.5) is 0 Å². The lowest BCUT2D eigenvalue weighted by molar-refractivity contribution is 0.0442. The summed E-state index contributed by atoms with van der Waals surface area (Å²) in [5.74, 6) is 1.06. The Kier molecular flexibility index (Phi) is 5.14. The van der Waals surface area contributed by atoms with E-state index in [9.17, 15) is 4.79 Å². The van der Waals surface area contributed by atoms with E-state index in [-0.39, 0.29) is 18.9 Å². The second kappa shape index (κ2) is 7.66. The minimum atomic E-state index is -0.518. The van der Waals surface area contributed by atoms with Crippen molar-refractivity contribution in [2.24, 2.45) is 0 Å². The summed E-state index contributed by atoms with van der Waals surface area (Å²) in [7, 11) is 0. The second-order valence-corrected chi connectivity index (χ2v) is 5.59. The Hall–Kier alpha value is -3.08. The number of carbonyl (C=O) groups excluding carboxylic acids is 1. The number of aromatic nitrogens is 1. The largest absolute Gasteiger partial charge is 0.490 e. The van der Waals surface area contributed by atoms with E-state index < -0.39 is 5.97 Å². The van der Waals surface area contributed by atoms with E-state index in [1.165, 1.54) is 0 Å². The van der Waals surface area contributed by atoms with E-state index in [2.05, 4.69) is 4.98 Å². The molecule has 0 atom stereocenters. The van der Waals surface area contributed by atoms with E-state index in [0.717, 1.165) is 16.9 Å². The van der Waals surface area contributed by atoms with Crippen molar-refractivity contribution in [2.75, 3.05) is 13.2 Å². The molecule has 128 valence electrons. The molecule has 0 saturated heterocycles. The van der Waals surface area contributed by atoms with Gasteiger partial charge in [0.25, 0.3) is 0 Å². The number of aryl methyl sites for hydroxylation is 2. The predicted octanol–water partition coefficient (Wildman–Crippen LogP) is 4.19. The van der Waals surface area contributed by atoms with Crippen LogP contribution >= 0.6 is 0 Å². The molecule has 0 aliphatic carbocycles. The fraction of sp³-hybridized carbons (Fsp3) is 0.200. The normalized spacial score (nSPS) is 10.5. The fourth-order valence-electron chi connectivity index (χ4n) is 2.29. The molecule has 0 N–H and O–H groups in total. The highest BCUT2D eigenvalue weighted by Crippen LogP contribution is 2.21. The number of hydrogen-bond acceptors (Lipinski definition) is 5. The van der Waals surface area contributed by atoms with E-state index in [0.29, 0.717) is 11.7 Å². The van der Waals surface area contributed by atoms with Gasteiger partial charge in [-0.2, -0.15) is 0 Å². The third kappa shape index (κ3) is 4.26. The molecule has 5 heteroatoms. The maximum Gasteiger partial charge on any atom is 0.360 e. The van der Waals surface area contributed by atoms with Gasteiger partial charge in [-0.15, -0.1) is 0 Å². The average Bonchev–Trinajstić information content (AvgIpc) is 3.03. The average molecular weight is 337 g/mol. The quantitative estimate of drug-likeness (QED) is 0.498. The highest BCUT2D eigenvalue weighted by molar-refractivity contribution is 5.88. The molecule has 0 unspecified atom stereocenters. The summed E-state index contributed by atoms with van der Waals surface area (Å²) in [5, 5.41) is 0. The Bertz CT molecular complexity index is 838. The molecule has 0 bridgehead atoms. The summed E-state index contributed by atoms with van der Waals surface area (Å²) in [6, 6.07) is 17.1. The summed E-state index contributed by atoms with van der Waals surface area (Å²) in [6.45, 7) is 4.12. The number of carbonyl (C=O) groups is 1. The van der Waals surface area contributed by atoms with Gasteiger partial charge in [0, 0.05) is 5.56 Å². The summed E-state index contributed by atoms with van der Waals surface area (Å²) < 4.78 is 16.3. The predicted molar refractivity (Wildman–Crippen MR) is 93.6 cm³/mol. The van der Waals surface area contributed by atoms with Crippen molar-refractivity contribution in [1.82, 2.24) is 4.98 Å². The molecule has 0 radical (unpaired) electrons. The van der Waals surface area contributed by atoms with Crippen molar-refractivity contribution in [3.8, 4) is 17.2 Å². The Morgan fingerprint density at radius 2 is 1.72 bits per heavy atom. The Labute approximate surface area is 146 Å². The van der Waals surface area contributed by atoms with Gasteiger partial charge in [-0.05, 0) is 38.1 Å². The molecule has 0 amide bonds. The Morgan fingerprint density at radius 3 is 2.44 bits per heavy atom. The van der Waals surface area contributed by atoms with Crippen molar-refractivity contribution >= 4 is 5.97 Å². The van der Waals surface area contributed by atoms with Gasteiger partial charge >= 0.3 is 5.97 Å². The summed E-state index contributed by atoms with van der Waals surface area (Å²) >= 11 is 0. The molecule has 3 aromatic rings. The SMILES string of the molecule is Cc1ccc(OCCOC(=O)c2nc(-c3ccccc3)oc2C)cc1. The van der Waals surface area contributed by atoms with E-state index >= 15 is 0 Å². The molecule has 0 saturated carbocycles. The number of oxazole rings is 1. The third-order valence-corrected chi connectivity index (χ3v) is 3.62.